The standard InChI is InChI=1S/C10H7N3/c11-6-7-2-1-3-9-8(7)4-5-10(12)13-9/h1-5H,(H2,12,13). The summed E-state index contributed by atoms with van der Waals surface area (Å²) < 4.78 is 0. The lowest BCUT2D eigenvalue weighted by Gasteiger charge is -1.99. The summed E-state index contributed by atoms with van der Waals surface area (Å²) in [6.45, 7) is 0. The van der Waals surface area contributed by atoms with Gasteiger partial charge in [-0.2, -0.15) is 5.26 Å². The van der Waals surface area contributed by atoms with E-state index in [1.54, 1.807) is 18.2 Å². The molecule has 0 saturated heterocycles. The summed E-state index contributed by atoms with van der Waals surface area (Å²) in [6, 6.07) is 11.0. The second kappa shape index (κ2) is 2.76. The summed E-state index contributed by atoms with van der Waals surface area (Å²) in [7, 11) is 0. The van der Waals surface area contributed by atoms with Crippen LogP contribution in [-0.2, 0) is 0 Å². The van der Waals surface area contributed by atoms with Crippen molar-refractivity contribution in [1.82, 2.24) is 4.98 Å². The predicted octanol–water partition coefficient (Wildman–Crippen LogP) is 1.69. The van der Waals surface area contributed by atoms with E-state index < -0.39 is 0 Å². The van der Waals surface area contributed by atoms with Crippen molar-refractivity contribution in [2.45, 2.75) is 0 Å². The molecule has 0 atom stereocenters. The molecule has 2 aromatic rings. The SMILES string of the molecule is N#Cc1cccc2nc(N)ccc12. The number of anilines is 1. The summed E-state index contributed by atoms with van der Waals surface area (Å²) >= 11 is 0. The second-order valence-corrected chi connectivity index (χ2v) is 2.72. The topological polar surface area (TPSA) is 62.7 Å². The number of aromatic nitrogens is 1. The number of benzene rings is 1. The first-order valence-corrected chi connectivity index (χ1v) is 3.86. The quantitative estimate of drug-likeness (QED) is 0.652. The summed E-state index contributed by atoms with van der Waals surface area (Å²) in [5.74, 6) is 0.475. The molecule has 0 aliphatic carbocycles. The van der Waals surface area contributed by atoms with E-state index >= 15 is 0 Å². The van der Waals surface area contributed by atoms with Crippen LogP contribution in [0, 0.1) is 11.3 Å². The van der Waals surface area contributed by atoms with Crippen molar-refractivity contribution in [3.05, 3.63) is 35.9 Å². The van der Waals surface area contributed by atoms with E-state index in [1.807, 2.05) is 12.1 Å². The highest BCUT2D eigenvalue weighted by Gasteiger charge is 1.99. The van der Waals surface area contributed by atoms with Crippen LogP contribution in [0.25, 0.3) is 10.9 Å². The third-order valence-electron chi connectivity index (χ3n) is 1.87. The lowest BCUT2D eigenvalue weighted by Crippen LogP contribution is -1.90. The number of rotatable bonds is 0. The summed E-state index contributed by atoms with van der Waals surface area (Å²) in [4.78, 5) is 4.11. The molecular weight excluding hydrogens is 162 g/mol. The highest BCUT2D eigenvalue weighted by Crippen LogP contribution is 2.17. The lowest BCUT2D eigenvalue weighted by molar-refractivity contribution is 1.41. The first-order chi connectivity index (χ1) is 6.31. The van der Waals surface area contributed by atoms with Crippen molar-refractivity contribution in [2.75, 3.05) is 5.73 Å². The van der Waals surface area contributed by atoms with Gasteiger partial charge in [-0.1, -0.05) is 6.07 Å². The highest BCUT2D eigenvalue weighted by atomic mass is 14.8. The van der Waals surface area contributed by atoms with Gasteiger partial charge < -0.3 is 5.73 Å². The number of pyridine rings is 1. The van der Waals surface area contributed by atoms with Crippen molar-refractivity contribution in [3.8, 4) is 6.07 Å². The van der Waals surface area contributed by atoms with Crippen LogP contribution in [0.5, 0.6) is 0 Å². The van der Waals surface area contributed by atoms with E-state index in [-0.39, 0.29) is 0 Å². The van der Waals surface area contributed by atoms with E-state index in [4.69, 9.17) is 11.0 Å². The minimum absolute atomic E-state index is 0.475. The largest absolute Gasteiger partial charge is 0.384 e. The maximum atomic E-state index is 8.80. The van der Waals surface area contributed by atoms with Crippen LogP contribution in [0.1, 0.15) is 5.56 Å². The molecule has 0 bridgehead atoms. The van der Waals surface area contributed by atoms with Gasteiger partial charge in [-0.3, -0.25) is 0 Å². The van der Waals surface area contributed by atoms with Crippen molar-refractivity contribution >= 4 is 16.7 Å². The normalized spacial score (nSPS) is 9.77. The second-order valence-electron chi connectivity index (χ2n) is 2.72. The Bertz CT molecular complexity index is 497. The Kier molecular flexibility index (Phi) is 1.60. The van der Waals surface area contributed by atoms with E-state index in [0.717, 1.165) is 10.9 Å². The summed E-state index contributed by atoms with van der Waals surface area (Å²) in [6.07, 6.45) is 0. The number of nitrogens with two attached hydrogens (primary N) is 1. The molecule has 13 heavy (non-hydrogen) atoms. The number of nitriles is 1. The molecule has 0 radical (unpaired) electrons. The Morgan fingerprint density at radius 1 is 1.23 bits per heavy atom. The summed E-state index contributed by atoms with van der Waals surface area (Å²) in [5, 5.41) is 9.64. The van der Waals surface area contributed by atoms with Crippen LogP contribution >= 0.6 is 0 Å². The van der Waals surface area contributed by atoms with E-state index in [0.29, 0.717) is 11.4 Å². The van der Waals surface area contributed by atoms with Crippen LogP contribution < -0.4 is 5.73 Å². The molecule has 0 saturated carbocycles. The van der Waals surface area contributed by atoms with Crippen molar-refractivity contribution in [2.24, 2.45) is 0 Å². The Morgan fingerprint density at radius 3 is 2.85 bits per heavy atom. The molecule has 0 fully saturated rings. The molecule has 3 heteroatoms. The van der Waals surface area contributed by atoms with Gasteiger partial charge in [0.1, 0.15) is 5.82 Å². The zero-order chi connectivity index (χ0) is 9.26. The van der Waals surface area contributed by atoms with Crippen molar-refractivity contribution < 1.29 is 0 Å². The Hall–Kier alpha value is -2.08. The molecule has 0 unspecified atom stereocenters. The number of hydrogen-bond acceptors (Lipinski definition) is 3. The molecule has 3 nitrogen and oxygen atoms in total. The number of nitrogens with zero attached hydrogens (tertiary/aromatic N) is 2. The smallest absolute Gasteiger partial charge is 0.124 e. The van der Waals surface area contributed by atoms with Crippen LogP contribution in [0.15, 0.2) is 30.3 Å². The highest BCUT2D eigenvalue weighted by molar-refractivity contribution is 5.85. The van der Waals surface area contributed by atoms with Gasteiger partial charge in [-0.15, -0.1) is 0 Å². The monoisotopic (exact) mass is 169 g/mol. The minimum Gasteiger partial charge on any atom is -0.384 e. The van der Waals surface area contributed by atoms with Crippen LogP contribution in [-0.4, -0.2) is 4.98 Å². The molecule has 2 rings (SSSR count). The van der Waals surface area contributed by atoms with E-state index in [9.17, 15) is 0 Å². The Morgan fingerprint density at radius 2 is 2.08 bits per heavy atom. The third kappa shape index (κ3) is 1.18. The molecule has 62 valence electrons. The zero-order valence-corrected chi connectivity index (χ0v) is 6.86. The maximum absolute atomic E-state index is 8.80. The number of nitrogen functional groups attached to an aromatic ring is 1. The fraction of sp³-hybridized carbons (Fsp3) is 0. The first kappa shape index (κ1) is 7.56. The molecule has 0 aliphatic rings. The zero-order valence-electron chi connectivity index (χ0n) is 6.86. The number of hydrogen-bond donors (Lipinski definition) is 1. The molecule has 0 amide bonds. The fourth-order valence-electron chi connectivity index (χ4n) is 1.27. The van der Waals surface area contributed by atoms with E-state index in [1.165, 1.54) is 0 Å². The summed E-state index contributed by atoms with van der Waals surface area (Å²) in [5.41, 5.74) is 6.91. The van der Waals surface area contributed by atoms with E-state index in [2.05, 4.69) is 11.1 Å². The molecule has 1 aromatic heterocycles. The molecule has 2 N–H and O–H groups in total. The lowest BCUT2D eigenvalue weighted by atomic mass is 10.1. The van der Waals surface area contributed by atoms with Crippen LogP contribution in [0.4, 0.5) is 5.82 Å². The first-order valence-electron chi connectivity index (χ1n) is 3.86. The predicted molar refractivity (Wildman–Crippen MR) is 50.9 cm³/mol. The Balaban J connectivity index is 2.87. The van der Waals surface area contributed by atoms with Crippen molar-refractivity contribution in [3.63, 3.8) is 0 Å². The third-order valence-corrected chi connectivity index (χ3v) is 1.87. The fourth-order valence-corrected chi connectivity index (χ4v) is 1.27. The average Bonchev–Trinajstić information content (AvgIpc) is 2.16. The van der Waals surface area contributed by atoms with Crippen LogP contribution in [0.3, 0.4) is 0 Å². The van der Waals surface area contributed by atoms with Gasteiger partial charge in [-0.25, -0.2) is 4.98 Å². The van der Waals surface area contributed by atoms with Gasteiger partial charge in [0.25, 0.3) is 0 Å². The van der Waals surface area contributed by atoms with Gasteiger partial charge >= 0.3 is 0 Å². The average molecular weight is 169 g/mol. The number of fused-ring (bicyclic) bond motifs is 1. The van der Waals surface area contributed by atoms with Gasteiger partial charge in [0, 0.05) is 5.39 Å². The van der Waals surface area contributed by atoms with Crippen molar-refractivity contribution in [1.29, 1.82) is 5.26 Å². The van der Waals surface area contributed by atoms with Gasteiger partial charge in [-0.05, 0) is 24.3 Å². The molecular formula is C10H7N3. The molecule has 1 aromatic carbocycles. The minimum atomic E-state index is 0.475. The van der Waals surface area contributed by atoms with Gasteiger partial charge in [0.05, 0.1) is 17.1 Å². The van der Waals surface area contributed by atoms with Crippen LogP contribution in [0.2, 0.25) is 0 Å². The van der Waals surface area contributed by atoms with Gasteiger partial charge in [0.15, 0.2) is 0 Å². The molecule has 0 aliphatic heterocycles. The molecule has 1 heterocycles. The maximum Gasteiger partial charge on any atom is 0.124 e. The Labute approximate surface area is 75.4 Å². The van der Waals surface area contributed by atoms with Gasteiger partial charge in [0.2, 0.25) is 0 Å². The molecule has 0 spiro atoms.